The van der Waals surface area contributed by atoms with Crippen LogP contribution in [0.1, 0.15) is 65.7 Å². The average Bonchev–Trinajstić information content (AvgIpc) is 2.96. The molecule has 3 unspecified atom stereocenters. The molecule has 104 valence electrons. The Bertz CT molecular complexity index is 286. The highest BCUT2D eigenvalue weighted by Gasteiger charge is 2.43. The van der Waals surface area contributed by atoms with Crippen LogP contribution < -0.4 is 5.32 Å². The number of hydrogen-bond acceptors (Lipinski definition) is 2. The molecule has 0 bridgehead atoms. The van der Waals surface area contributed by atoms with Crippen molar-refractivity contribution in [1.29, 1.82) is 0 Å². The zero-order valence-electron chi connectivity index (χ0n) is 12.1. The van der Waals surface area contributed by atoms with E-state index in [1.54, 1.807) is 0 Å². The van der Waals surface area contributed by atoms with Gasteiger partial charge in [-0.15, -0.1) is 0 Å². The van der Waals surface area contributed by atoms with Crippen LogP contribution in [0.2, 0.25) is 0 Å². The van der Waals surface area contributed by atoms with Crippen LogP contribution >= 0.6 is 0 Å². The van der Waals surface area contributed by atoms with Crippen LogP contribution in [0.25, 0.3) is 0 Å². The molecule has 0 aromatic carbocycles. The van der Waals surface area contributed by atoms with Crippen molar-refractivity contribution in [3.05, 3.63) is 0 Å². The van der Waals surface area contributed by atoms with Gasteiger partial charge in [-0.3, -0.25) is 10.1 Å². The first-order valence-electron chi connectivity index (χ1n) is 7.77. The second kappa shape index (κ2) is 6.05. The monoisotopic (exact) mass is 252 g/mol. The summed E-state index contributed by atoms with van der Waals surface area (Å²) in [4.78, 5) is 14.7. The molecular weight excluding hydrogens is 224 g/mol. The number of carbonyl (C=O) groups excluding carboxylic acids is 1. The second-order valence-electron chi connectivity index (χ2n) is 6.00. The molecule has 1 amide bonds. The van der Waals surface area contributed by atoms with E-state index in [1.165, 1.54) is 25.7 Å². The maximum Gasteiger partial charge on any atom is 0.241 e. The van der Waals surface area contributed by atoms with E-state index in [0.29, 0.717) is 24.0 Å². The van der Waals surface area contributed by atoms with Crippen molar-refractivity contribution < 1.29 is 4.79 Å². The van der Waals surface area contributed by atoms with E-state index in [4.69, 9.17) is 0 Å². The van der Waals surface area contributed by atoms with Crippen molar-refractivity contribution in [2.24, 2.45) is 5.92 Å². The molecule has 2 fully saturated rings. The van der Waals surface area contributed by atoms with E-state index >= 15 is 0 Å². The smallest absolute Gasteiger partial charge is 0.241 e. The van der Waals surface area contributed by atoms with Gasteiger partial charge in [-0.2, -0.15) is 0 Å². The Morgan fingerprint density at radius 1 is 1.33 bits per heavy atom. The van der Waals surface area contributed by atoms with Crippen LogP contribution in [-0.2, 0) is 4.79 Å². The summed E-state index contributed by atoms with van der Waals surface area (Å²) in [7, 11) is 0. The topological polar surface area (TPSA) is 32.3 Å². The second-order valence-corrected chi connectivity index (χ2v) is 6.00. The van der Waals surface area contributed by atoms with Gasteiger partial charge in [0.2, 0.25) is 5.91 Å². The Morgan fingerprint density at radius 2 is 2.00 bits per heavy atom. The minimum absolute atomic E-state index is 0.0647. The Labute approximate surface area is 111 Å². The zero-order chi connectivity index (χ0) is 13.1. The summed E-state index contributed by atoms with van der Waals surface area (Å²) in [5.74, 6) is 1.03. The van der Waals surface area contributed by atoms with Gasteiger partial charge in [-0.05, 0) is 38.5 Å². The highest BCUT2D eigenvalue weighted by atomic mass is 16.2. The molecule has 3 heteroatoms. The van der Waals surface area contributed by atoms with Crippen molar-refractivity contribution in [3.63, 3.8) is 0 Å². The first kappa shape index (κ1) is 13.9. The number of hydrogen-bond donors (Lipinski definition) is 1. The van der Waals surface area contributed by atoms with E-state index in [2.05, 4.69) is 31.0 Å². The van der Waals surface area contributed by atoms with Crippen LogP contribution in [-0.4, -0.2) is 29.1 Å². The van der Waals surface area contributed by atoms with Gasteiger partial charge in [0, 0.05) is 6.04 Å². The molecule has 0 aromatic rings. The van der Waals surface area contributed by atoms with Crippen molar-refractivity contribution in [1.82, 2.24) is 10.2 Å². The van der Waals surface area contributed by atoms with E-state index in [1.807, 2.05) is 0 Å². The average molecular weight is 252 g/mol. The minimum atomic E-state index is 0.0647. The SMILES string of the molecule is CCCC(C)N1C(=O)C(CC)NC1C1CCCC1. The molecule has 1 heterocycles. The molecule has 2 rings (SSSR count). The molecule has 2 aliphatic rings. The highest BCUT2D eigenvalue weighted by molar-refractivity contribution is 5.84. The highest BCUT2D eigenvalue weighted by Crippen LogP contribution is 2.33. The summed E-state index contributed by atoms with van der Waals surface area (Å²) in [5.41, 5.74) is 0. The summed E-state index contributed by atoms with van der Waals surface area (Å²) < 4.78 is 0. The molecular formula is C15H28N2O. The third-order valence-electron chi connectivity index (χ3n) is 4.66. The lowest BCUT2D eigenvalue weighted by atomic mass is 10.0. The number of carbonyl (C=O) groups is 1. The van der Waals surface area contributed by atoms with Crippen molar-refractivity contribution in [2.45, 2.75) is 84.0 Å². The summed E-state index contributed by atoms with van der Waals surface area (Å²) in [6, 6.07) is 0.451. The maximum atomic E-state index is 12.5. The molecule has 1 aliphatic carbocycles. The molecule has 1 aliphatic heterocycles. The molecule has 0 aromatic heterocycles. The van der Waals surface area contributed by atoms with E-state index < -0.39 is 0 Å². The molecule has 18 heavy (non-hydrogen) atoms. The molecule has 3 atom stereocenters. The number of amides is 1. The summed E-state index contributed by atoms with van der Waals surface area (Å²) >= 11 is 0. The molecule has 0 spiro atoms. The quantitative estimate of drug-likeness (QED) is 0.816. The maximum absolute atomic E-state index is 12.5. The van der Waals surface area contributed by atoms with Crippen LogP contribution in [0.15, 0.2) is 0 Å². The van der Waals surface area contributed by atoms with E-state index in [0.717, 1.165) is 19.3 Å². The Kier molecular flexibility index (Phi) is 4.66. The normalized spacial score (nSPS) is 31.3. The van der Waals surface area contributed by atoms with Crippen molar-refractivity contribution >= 4 is 5.91 Å². The zero-order valence-corrected chi connectivity index (χ0v) is 12.1. The predicted octanol–water partition coefficient (Wildman–Crippen LogP) is 2.90. The van der Waals surface area contributed by atoms with Gasteiger partial charge in [0.15, 0.2) is 0 Å². The largest absolute Gasteiger partial charge is 0.323 e. The fourth-order valence-electron chi connectivity index (χ4n) is 3.65. The summed E-state index contributed by atoms with van der Waals surface area (Å²) in [6.45, 7) is 6.52. The van der Waals surface area contributed by atoms with Crippen molar-refractivity contribution in [2.75, 3.05) is 0 Å². The lowest BCUT2D eigenvalue weighted by Crippen LogP contribution is -2.47. The lowest BCUT2D eigenvalue weighted by molar-refractivity contribution is -0.132. The predicted molar refractivity (Wildman–Crippen MR) is 74.2 cm³/mol. The van der Waals surface area contributed by atoms with Gasteiger partial charge in [0.05, 0.1) is 12.2 Å². The third-order valence-corrected chi connectivity index (χ3v) is 4.66. The minimum Gasteiger partial charge on any atom is -0.323 e. The van der Waals surface area contributed by atoms with Crippen LogP contribution in [0, 0.1) is 5.92 Å². The standard InChI is InChI=1S/C15H28N2O/c1-4-8-11(3)17-14(12-9-6-7-10-12)16-13(5-2)15(17)18/h11-14,16H,4-10H2,1-3H3. The number of rotatable bonds is 5. The Hall–Kier alpha value is -0.570. The van der Waals surface area contributed by atoms with Gasteiger partial charge in [-0.25, -0.2) is 0 Å². The molecule has 0 radical (unpaired) electrons. The summed E-state index contributed by atoms with van der Waals surface area (Å²) in [5, 5.41) is 3.60. The summed E-state index contributed by atoms with van der Waals surface area (Å²) in [6.07, 6.45) is 8.75. The third kappa shape index (κ3) is 2.56. The Morgan fingerprint density at radius 3 is 2.56 bits per heavy atom. The lowest BCUT2D eigenvalue weighted by Gasteiger charge is -2.33. The van der Waals surface area contributed by atoms with Gasteiger partial charge >= 0.3 is 0 Å². The molecule has 3 nitrogen and oxygen atoms in total. The Balaban J connectivity index is 2.11. The van der Waals surface area contributed by atoms with Crippen LogP contribution in [0.5, 0.6) is 0 Å². The van der Waals surface area contributed by atoms with E-state index in [-0.39, 0.29) is 6.04 Å². The molecule has 1 N–H and O–H groups in total. The van der Waals surface area contributed by atoms with E-state index in [9.17, 15) is 4.79 Å². The fraction of sp³-hybridized carbons (Fsp3) is 0.933. The first-order valence-corrected chi connectivity index (χ1v) is 7.77. The van der Waals surface area contributed by atoms with Gasteiger partial charge < -0.3 is 4.90 Å². The van der Waals surface area contributed by atoms with Gasteiger partial charge in [-0.1, -0.05) is 33.1 Å². The number of nitrogens with one attached hydrogen (secondary N) is 1. The first-order chi connectivity index (χ1) is 8.69. The van der Waals surface area contributed by atoms with Crippen LogP contribution in [0.4, 0.5) is 0 Å². The van der Waals surface area contributed by atoms with Crippen molar-refractivity contribution in [3.8, 4) is 0 Å². The van der Waals surface area contributed by atoms with Gasteiger partial charge in [0.25, 0.3) is 0 Å². The van der Waals surface area contributed by atoms with Crippen LogP contribution in [0.3, 0.4) is 0 Å². The number of nitrogens with zero attached hydrogens (tertiary/aromatic N) is 1. The van der Waals surface area contributed by atoms with Gasteiger partial charge in [0.1, 0.15) is 0 Å². The molecule has 1 saturated carbocycles. The molecule has 1 saturated heterocycles. The fourth-order valence-corrected chi connectivity index (χ4v) is 3.65.